The molecule has 1 aromatic carbocycles. The summed E-state index contributed by atoms with van der Waals surface area (Å²) in [7, 11) is 3.56. The molecular formula is C20H26F2IN7. The first-order chi connectivity index (χ1) is 14.0. The highest BCUT2D eigenvalue weighted by molar-refractivity contribution is 14.0. The summed E-state index contributed by atoms with van der Waals surface area (Å²) < 4.78 is 30.4. The number of benzene rings is 1. The van der Waals surface area contributed by atoms with E-state index in [9.17, 15) is 8.78 Å². The van der Waals surface area contributed by atoms with Gasteiger partial charge in [-0.05, 0) is 45.3 Å². The highest BCUT2D eigenvalue weighted by Crippen LogP contribution is 2.23. The average Bonchev–Trinajstić information content (AvgIpc) is 3.11. The molecule has 0 aliphatic rings. The Morgan fingerprint density at radius 3 is 2.50 bits per heavy atom. The number of likely N-dealkylation sites (N-methyl/N-ethyl adjacent to an activating group) is 1. The van der Waals surface area contributed by atoms with Gasteiger partial charge in [-0.1, -0.05) is 12.1 Å². The molecule has 2 heterocycles. The standard InChI is InChI=1S/C20H25F2N7.HI/c1-4-23-20(25-13-18-27-26-17-10-5-6-11-29(17)18)24-12-16(28(2)3)19-14(21)8-7-9-15(19)22;/h5-11,16H,4,12-13H2,1-3H3,(H2,23,24,25);1H. The molecule has 0 fully saturated rings. The summed E-state index contributed by atoms with van der Waals surface area (Å²) in [5.74, 6) is 0.0932. The first-order valence-corrected chi connectivity index (χ1v) is 9.42. The third-order valence-corrected chi connectivity index (χ3v) is 4.53. The molecule has 30 heavy (non-hydrogen) atoms. The van der Waals surface area contributed by atoms with Gasteiger partial charge in [0, 0.05) is 24.8 Å². The molecule has 1 unspecified atom stereocenters. The Balaban J connectivity index is 0.00000320. The maximum absolute atomic E-state index is 14.3. The van der Waals surface area contributed by atoms with Crippen LogP contribution in [0.2, 0.25) is 0 Å². The number of nitrogens with one attached hydrogen (secondary N) is 2. The van der Waals surface area contributed by atoms with E-state index in [1.165, 1.54) is 18.2 Å². The van der Waals surface area contributed by atoms with Gasteiger partial charge in [0.25, 0.3) is 0 Å². The molecule has 0 aliphatic carbocycles. The summed E-state index contributed by atoms with van der Waals surface area (Å²) in [5, 5.41) is 14.6. The molecule has 2 aromatic heterocycles. The van der Waals surface area contributed by atoms with Crippen molar-refractivity contribution in [2.24, 2.45) is 4.99 Å². The van der Waals surface area contributed by atoms with Crippen LogP contribution in [-0.4, -0.2) is 52.6 Å². The summed E-state index contributed by atoms with van der Waals surface area (Å²) in [6, 6.07) is 9.06. The zero-order valence-electron chi connectivity index (χ0n) is 17.1. The Morgan fingerprint density at radius 1 is 1.10 bits per heavy atom. The van der Waals surface area contributed by atoms with Crippen molar-refractivity contribution >= 4 is 35.6 Å². The van der Waals surface area contributed by atoms with Crippen LogP contribution in [-0.2, 0) is 6.54 Å². The number of aliphatic imine (C=N–C) groups is 1. The Morgan fingerprint density at radius 2 is 1.83 bits per heavy atom. The van der Waals surface area contributed by atoms with Crippen LogP contribution in [0.4, 0.5) is 8.78 Å². The second-order valence-electron chi connectivity index (χ2n) is 6.74. The first kappa shape index (κ1) is 23.9. The zero-order chi connectivity index (χ0) is 20.8. The van der Waals surface area contributed by atoms with Crippen molar-refractivity contribution in [2.75, 3.05) is 27.2 Å². The summed E-state index contributed by atoms with van der Waals surface area (Å²) in [5.41, 5.74) is 0.780. The van der Waals surface area contributed by atoms with Crippen LogP contribution < -0.4 is 10.6 Å². The lowest BCUT2D eigenvalue weighted by molar-refractivity contribution is 0.282. The van der Waals surface area contributed by atoms with Crippen molar-refractivity contribution in [2.45, 2.75) is 19.5 Å². The lowest BCUT2D eigenvalue weighted by Gasteiger charge is -2.26. The number of rotatable bonds is 7. The molecule has 7 nitrogen and oxygen atoms in total. The number of guanidine groups is 1. The summed E-state index contributed by atoms with van der Waals surface area (Å²) >= 11 is 0. The number of fused-ring (bicyclic) bond motifs is 1. The molecule has 0 saturated heterocycles. The third-order valence-electron chi connectivity index (χ3n) is 4.53. The van der Waals surface area contributed by atoms with Crippen LogP contribution in [0.1, 0.15) is 24.4 Å². The summed E-state index contributed by atoms with van der Waals surface area (Å²) in [6.07, 6.45) is 1.88. The Kier molecular flexibility index (Phi) is 8.90. The monoisotopic (exact) mass is 529 g/mol. The van der Waals surface area contributed by atoms with E-state index in [1.54, 1.807) is 19.0 Å². The van der Waals surface area contributed by atoms with Crippen LogP contribution >= 0.6 is 24.0 Å². The molecular weight excluding hydrogens is 503 g/mol. The van der Waals surface area contributed by atoms with Crippen LogP contribution in [0.5, 0.6) is 0 Å². The molecule has 0 aliphatic heterocycles. The molecule has 3 aromatic rings. The van der Waals surface area contributed by atoms with Crippen molar-refractivity contribution < 1.29 is 8.78 Å². The molecule has 0 spiro atoms. The van der Waals surface area contributed by atoms with E-state index in [-0.39, 0.29) is 36.1 Å². The molecule has 1 atom stereocenters. The van der Waals surface area contributed by atoms with E-state index < -0.39 is 17.7 Å². The molecule has 2 N–H and O–H groups in total. The van der Waals surface area contributed by atoms with E-state index >= 15 is 0 Å². The van der Waals surface area contributed by atoms with Crippen molar-refractivity contribution in [1.29, 1.82) is 0 Å². The fourth-order valence-corrected chi connectivity index (χ4v) is 3.06. The maximum atomic E-state index is 14.3. The number of halogens is 3. The molecule has 10 heteroatoms. The Hall–Kier alpha value is -2.34. The number of hydrogen-bond donors (Lipinski definition) is 2. The third kappa shape index (κ3) is 5.63. The molecule has 0 amide bonds. The highest BCUT2D eigenvalue weighted by atomic mass is 127. The van der Waals surface area contributed by atoms with Crippen molar-refractivity contribution in [3.8, 4) is 0 Å². The van der Waals surface area contributed by atoms with Crippen LogP contribution in [0, 0.1) is 11.6 Å². The van der Waals surface area contributed by atoms with Gasteiger partial charge in [-0.15, -0.1) is 34.2 Å². The van der Waals surface area contributed by atoms with E-state index in [0.29, 0.717) is 24.9 Å². The predicted molar refractivity (Wildman–Crippen MR) is 124 cm³/mol. The second-order valence-corrected chi connectivity index (χ2v) is 6.74. The molecule has 0 radical (unpaired) electrons. The van der Waals surface area contributed by atoms with Crippen LogP contribution in [0.15, 0.2) is 47.6 Å². The topological polar surface area (TPSA) is 69.8 Å². The lowest BCUT2D eigenvalue weighted by Crippen LogP contribution is -2.42. The number of aromatic nitrogens is 3. The first-order valence-electron chi connectivity index (χ1n) is 9.42. The van der Waals surface area contributed by atoms with Gasteiger partial charge < -0.3 is 15.5 Å². The van der Waals surface area contributed by atoms with Gasteiger partial charge in [0.15, 0.2) is 17.4 Å². The Bertz CT molecular complexity index is 970. The fraction of sp³-hybridized carbons (Fsp3) is 0.350. The van der Waals surface area contributed by atoms with Crippen LogP contribution in [0.25, 0.3) is 5.65 Å². The maximum Gasteiger partial charge on any atom is 0.191 e. The number of pyridine rings is 1. The van der Waals surface area contributed by atoms with Gasteiger partial charge in [-0.3, -0.25) is 4.40 Å². The van der Waals surface area contributed by atoms with E-state index in [4.69, 9.17) is 0 Å². The molecule has 0 saturated carbocycles. The van der Waals surface area contributed by atoms with E-state index in [1.807, 2.05) is 35.7 Å². The molecule has 3 rings (SSSR count). The van der Waals surface area contributed by atoms with Crippen molar-refractivity contribution in [1.82, 2.24) is 30.1 Å². The highest BCUT2D eigenvalue weighted by Gasteiger charge is 2.22. The summed E-state index contributed by atoms with van der Waals surface area (Å²) in [4.78, 5) is 6.31. The normalized spacial score (nSPS) is 12.7. The van der Waals surface area contributed by atoms with Gasteiger partial charge >= 0.3 is 0 Å². The minimum atomic E-state index is -0.567. The predicted octanol–water partition coefficient (Wildman–Crippen LogP) is 2.98. The minimum absolute atomic E-state index is 0. The quantitative estimate of drug-likeness (QED) is 0.280. The number of hydrogen-bond acceptors (Lipinski definition) is 4. The largest absolute Gasteiger partial charge is 0.357 e. The average molecular weight is 529 g/mol. The van der Waals surface area contributed by atoms with Gasteiger partial charge in [0.1, 0.15) is 18.2 Å². The van der Waals surface area contributed by atoms with Gasteiger partial charge in [0.2, 0.25) is 0 Å². The van der Waals surface area contributed by atoms with Gasteiger partial charge in [0.05, 0.1) is 6.04 Å². The summed E-state index contributed by atoms with van der Waals surface area (Å²) in [6.45, 7) is 3.18. The zero-order valence-corrected chi connectivity index (χ0v) is 19.5. The smallest absolute Gasteiger partial charge is 0.191 e. The number of nitrogens with zero attached hydrogens (tertiary/aromatic N) is 5. The van der Waals surface area contributed by atoms with Crippen LogP contribution in [0.3, 0.4) is 0 Å². The van der Waals surface area contributed by atoms with Gasteiger partial charge in [-0.25, -0.2) is 13.8 Å². The Labute approximate surface area is 191 Å². The SMILES string of the molecule is CCNC(=NCc1nnc2ccccn12)NCC(c1c(F)cccc1F)N(C)C.I. The fourth-order valence-electron chi connectivity index (χ4n) is 3.06. The lowest BCUT2D eigenvalue weighted by atomic mass is 10.0. The molecule has 0 bridgehead atoms. The molecule has 162 valence electrons. The van der Waals surface area contributed by atoms with Gasteiger partial charge in [-0.2, -0.15) is 0 Å². The van der Waals surface area contributed by atoms with E-state index in [0.717, 1.165) is 5.65 Å². The van der Waals surface area contributed by atoms with Crippen molar-refractivity contribution in [3.63, 3.8) is 0 Å². The second kappa shape index (κ2) is 11.2. The van der Waals surface area contributed by atoms with Crippen molar-refractivity contribution in [3.05, 3.63) is 65.6 Å². The van der Waals surface area contributed by atoms with E-state index in [2.05, 4.69) is 25.8 Å². The minimum Gasteiger partial charge on any atom is -0.357 e.